The summed E-state index contributed by atoms with van der Waals surface area (Å²) in [5.74, 6) is 1.07. The van der Waals surface area contributed by atoms with Gasteiger partial charge in [-0.25, -0.2) is 4.98 Å². The molecule has 1 atom stereocenters. The van der Waals surface area contributed by atoms with Crippen LogP contribution in [-0.4, -0.2) is 28.3 Å². The number of imidazole rings is 1. The summed E-state index contributed by atoms with van der Waals surface area (Å²) in [5.41, 5.74) is 0.0329. The molecule has 0 aliphatic carbocycles. The van der Waals surface area contributed by atoms with Gasteiger partial charge >= 0.3 is 0 Å². The third kappa shape index (κ3) is 2.58. The second kappa shape index (κ2) is 4.33. The van der Waals surface area contributed by atoms with Crippen LogP contribution in [0.3, 0.4) is 0 Å². The van der Waals surface area contributed by atoms with Crippen LogP contribution in [0.4, 0.5) is 0 Å². The fourth-order valence-corrected chi connectivity index (χ4v) is 1.98. The maximum absolute atomic E-state index is 5.70. The molecule has 15 heavy (non-hydrogen) atoms. The molecule has 4 nitrogen and oxygen atoms in total. The van der Waals surface area contributed by atoms with Gasteiger partial charge in [0.05, 0.1) is 12.1 Å². The summed E-state index contributed by atoms with van der Waals surface area (Å²) in [6.45, 7) is 4.79. The molecule has 0 spiro atoms. The number of aryl methyl sites for hydroxylation is 1. The average molecular weight is 209 g/mol. The lowest BCUT2D eigenvalue weighted by molar-refractivity contribution is 0.0205. The van der Waals surface area contributed by atoms with Crippen LogP contribution in [0.2, 0.25) is 0 Å². The van der Waals surface area contributed by atoms with E-state index in [1.807, 2.05) is 24.0 Å². The molecule has 1 unspecified atom stereocenters. The highest BCUT2D eigenvalue weighted by Gasteiger charge is 2.28. The lowest BCUT2D eigenvalue weighted by Crippen LogP contribution is -2.37. The first-order valence-corrected chi connectivity index (χ1v) is 5.50. The van der Waals surface area contributed by atoms with Crippen LogP contribution >= 0.6 is 0 Å². The molecule has 1 aliphatic rings. The van der Waals surface area contributed by atoms with E-state index in [0.29, 0.717) is 0 Å². The standard InChI is InChI=1S/C11H19N3O/c1-11(4-3-7-15-11)9-12-8-10-13-5-6-14(10)2/h5-6,12H,3-4,7-9H2,1-2H3. The normalized spacial score (nSPS) is 26.0. The van der Waals surface area contributed by atoms with E-state index in [1.54, 1.807) is 0 Å². The Morgan fingerprint density at radius 3 is 3.13 bits per heavy atom. The lowest BCUT2D eigenvalue weighted by Gasteiger charge is -2.23. The van der Waals surface area contributed by atoms with E-state index < -0.39 is 0 Å². The minimum atomic E-state index is 0.0329. The molecule has 1 aliphatic heterocycles. The van der Waals surface area contributed by atoms with Gasteiger partial charge in [0.1, 0.15) is 5.82 Å². The molecular weight excluding hydrogens is 190 g/mol. The molecule has 0 bridgehead atoms. The van der Waals surface area contributed by atoms with Crippen LogP contribution in [0.15, 0.2) is 12.4 Å². The molecule has 0 amide bonds. The second-order valence-electron chi connectivity index (χ2n) is 4.46. The Morgan fingerprint density at radius 1 is 1.67 bits per heavy atom. The molecule has 2 heterocycles. The Bertz CT molecular complexity index is 315. The Labute approximate surface area is 90.6 Å². The third-order valence-electron chi connectivity index (χ3n) is 3.00. The van der Waals surface area contributed by atoms with Gasteiger partial charge < -0.3 is 14.6 Å². The van der Waals surface area contributed by atoms with Crippen molar-refractivity contribution in [3.05, 3.63) is 18.2 Å². The first-order valence-electron chi connectivity index (χ1n) is 5.50. The zero-order valence-electron chi connectivity index (χ0n) is 9.49. The van der Waals surface area contributed by atoms with E-state index in [9.17, 15) is 0 Å². The number of hydrogen-bond donors (Lipinski definition) is 1. The van der Waals surface area contributed by atoms with Gasteiger partial charge in [0.25, 0.3) is 0 Å². The molecule has 1 aromatic heterocycles. The average Bonchev–Trinajstić information content (AvgIpc) is 2.78. The number of nitrogens with zero attached hydrogens (tertiary/aromatic N) is 2. The van der Waals surface area contributed by atoms with Crippen molar-refractivity contribution in [3.8, 4) is 0 Å². The van der Waals surface area contributed by atoms with Gasteiger partial charge in [-0.3, -0.25) is 0 Å². The van der Waals surface area contributed by atoms with Crippen molar-refractivity contribution in [3.63, 3.8) is 0 Å². The van der Waals surface area contributed by atoms with Gasteiger partial charge in [0, 0.05) is 32.6 Å². The van der Waals surface area contributed by atoms with E-state index in [-0.39, 0.29) is 5.60 Å². The lowest BCUT2D eigenvalue weighted by atomic mass is 10.0. The molecule has 1 N–H and O–H groups in total. The smallest absolute Gasteiger partial charge is 0.122 e. The van der Waals surface area contributed by atoms with Crippen molar-refractivity contribution in [1.82, 2.24) is 14.9 Å². The van der Waals surface area contributed by atoms with E-state index in [1.165, 1.54) is 6.42 Å². The summed E-state index contributed by atoms with van der Waals surface area (Å²) in [5, 5.41) is 3.40. The van der Waals surface area contributed by atoms with Gasteiger partial charge in [-0.15, -0.1) is 0 Å². The van der Waals surface area contributed by atoms with Crippen molar-refractivity contribution in [2.24, 2.45) is 7.05 Å². The molecule has 0 aromatic carbocycles. The zero-order chi connectivity index (χ0) is 10.7. The molecule has 2 rings (SSSR count). The van der Waals surface area contributed by atoms with Crippen LogP contribution in [0.25, 0.3) is 0 Å². The predicted octanol–water partition coefficient (Wildman–Crippen LogP) is 1.08. The highest BCUT2D eigenvalue weighted by atomic mass is 16.5. The Morgan fingerprint density at radius 2 is 2.53 bits per heavy atom. The second-order valence-corrected chi connectivity index (χ2v) is 4.46. The van der Waals surface area contributed by atoms with Crippen LogP contribution in [-0.2, 0) is 18.3 Å². The molecule has 1 saturated heterocycles. The fourth-order valence-electron chi connectivity index (χ4n) is 1.98. The van der Waals surface area contributed by atoms with Crippen molar-refractivity contribution < 1.29 is 4.74 Å². The number of nitrogens with one attached hydrogen (secondary N) is 1. The molecule has 84 valence electrons. The van der Waals surface area contributed by atoms with Crippen LogP contribution in [0, 0.1) is 0 Å². The maximum atomic E-state index is 5.70. The summed E-state index contributed by atoms with van der Waals surface area (Å²) in [7, 11) is 2.01. The number of rotatable bonds is 4. The fraction of sp³-hybridized carbons (Fsp3) is 0.727. The first-order chi connectivity index (χ1) is 7.20. The van der Waals surface area contributed by atoms with Gasteiger partial charge in [-0.05, 0) is 19.8 Å². The summed E-state index contributed by atoms with van der Waals surface area (Å²) >= 11 is 0. The largest absolute Gasteiger partial charge is 0.374 e. The highest BCUT2D eigenvalue weighted by molar-refractivity contribution is 4.91. The van der Waals surface area contributed by atoms with Crippen LogP contribution < -0.4 is 5.32 Å². The van der Waals surface area contributed by atoms with Crippen molar-refractivity contribution in [2.75, 3.05) is 13.2 Å². The molecule has 1 fully saturated rings. The topological polar surface area (TPSA) is 39.1 Å². The van der Waals surface area contributed by atoms with Gasteiger partial charge in [-0.1, -0.05) is 0 Å². The van der Waals surface area contributed by atoms with Gasteiger partial charge in [-0.2, -0.15) is 0 Å². The highest BCUT2D eigenvalue weighted by Crippen LogP contribution is 2.23. The summed E-state index contributed by atoms with van der Waals surface area (Å²) in [6, 6.07) is 0. The summed E-state index contributed by atoms with van der Waals surface area (Å²) in [4.78, 5) is 4.26. The minimum Gasteiger partial charge on any atom is -0.374 e. The number of hydrogen-bond acceptors (Lipinski definition) is 3. The molecule has 0 radical (unpaired) electrons. The number of ether oxygens (including phenoxy) is 1. The maximum Gasteiger partial charge on any atom is 0.122 e. The van der Waals surface area contributed by atoms with E-state index in [2.05, 4.69) is 17.2 Å². The quantitative estimate of drug-likeness (QED) is 0.806. The SMILES string of the molecule is Cn1ccnc1CNCC1(C)CCCO1. The first kappa shape index (κ1) is 10.6. The van der Waals surface area contributed by atoms with Crippen LogP contribution in [0.1, 0.15) is 25.6 Å². The monoisotopic (exact) mass is 209 g/mol. The predicted molar refractivity (Wildman–Crippen MR) is 58.5 cm³/mol. The summed E-state index contributed by atoms with van der Waals surface area (Å²) in [6.07, 6.45) is 6.12. The Balaban J connectivity index is 1.77. The molecule has 0 saturated carbocycles. The molecule has 1 aromatic rings. The van der Waals surface area contributed by atoms with E-state index in [4.69, 9.17) is 4.74 Å². The number of aromatic nitrogens is 2. The summed E-state index contributed by atoms with van der Waals surface area (Å²) < 4.78 is 7.73. The molecule has 4 heteroatoms. The van der Waals surface area contributed by atoms with Gasteiger partial charge in [0.2, 0.25) is 0 Å². The zero-order valence-corrected chi connectivity index (χ0v) is 9.49. The van der Waals surface area contributed by atoms with E-state index >= 15 is 0 Å². The minimum absolute atomic E-state index is 0.0329. The van der Waals surface area contributed by atoms with Crippen LogP contribution in [0.5, 0.6) is 0 Å². The third-order valence-corrected chi connectivity index (χ3v) is 3.00. The van der Waals surface area contributed by atoms with Gasteiger partial charge in [0.15, 0.2) is 0 Å². The Kier molecular flexibility index (Phi) is 3.07. The Hall–Kier alpha value is -0.870. The van der Waals surface area contributed by atoms with Crippen molar-refractivity contribution in [2.45, 2.75) is 31.9 Å². The van der Waals surface area contributed by atoms with Crippen molar-refractivity contribution in [1.29, 1.82) is 0 Å². The van der Waals surface area contributed by atoms with Crippen molar-refractivity contribution >= 4 is 0 Å². The van der Waals surface area contributed by atoms with E-state index in [0.717, 1.165) is 31.9 Å². The molecular formula is C11H19N3O.